The van der Waals surface area contributed by atoms with E-state index in [9.17, 15) is 8.78 Å². The van der Waals surface area contributed by atoms with Crippen LogP contribution in [0.15, 0.2) is 16.5 Å². The molecule has 1 aromatic rings. The minimum absolute atomic E-state index is 0.183. The minimum atomic E-state index is -2.60. The SMILES string of the molecule is COCc1ccc(C2(CN)CC(F)(F)C2)o1. The van der Waals surface area contributed by atoms with Crippen LogP contribution in [0.1, 0.15) is 24.4 Å². The Morgan fingerprint density at radius 2 is 2.12 bits per heavy atom. The highest BCUT2D eigenvalue weighted by atomic mass is 19.3. The van der Waals surface area contributed by atoms with Gasteiger partial charge in [0.25, 0.3) is 0 Å². The van der Waals surface area contributed by atoms with Crippen molar-refractivity contribution >= 4 is 0 Å². The lowest BCUT2D eigenvalue weighted by Crippen LogP contribution is -2.53. The standard InChI is InChI=1S/C11H15F2NO2/c1-15-4-8-2-3-9(16-8)10(7-14)5-11(12,13)6-10/h2-3H,4-7,14H2,1H3. The Kier molecular flexibility index (Phi) is 2.75. The number of hydrogen-bond donors (Lipinski definition) is 1. The van der Waals surface area contributed by atoms with Crippen molar-refractivity contribution in [3.8, 4) is 0 Å². The Hall–Kier alpha value is -0.940. The Labute approximate surface area is 92.6 Å². The molecule has 0 unspecified atom stereocenters. The topological polar surface area (TPSA) is 48.4 Å². The molecular formula is C11H15F2NO2. The molecule has 0 atom stereocenters. The Bertz CT molecular complexity index is 368. The van der Waals surface area contributed by atoms with Crippen LogP contribution in [0.25, 0.3) is 0 Å². The maximum atomic E-state index is 12.9. The van der Waals surface area contributed by atoms with Crippen molar-refractivity contribution in [3.05, 3.63) is 23.7 Å². The molecule has 1 heterocycles. The van der Waals surface area contributed by atoms with Gasteiger partial charge in [0.15, 0.2) is 0 Å². The van der Waals surface area contributed by atoms with Crippen molar-refractivity contribution in [1.29, 1.82) is 0 Å². The summed E-state index contributed by atoms with van der Waals surface area (Å²) in [7, 11) is 1.55. The van der Waals surface area contributed by atoms with Gasteiger partial charge in [0.05, 0.1) is 5.41 Å². The number of nitrogens with two attached hydrogens (primary N) is 1. The van der Waals surface area contributed by atoms with Gasteiger partial charge >= 0.3 is 0 Å². The van der Waals surface area contributed by atoms with Crippen molar-refractivity contribution < 1.29 is 17.9 Å². The maximum Gasteiger partial charge on any atom is 0.250 e. The fourth-order valence-corrected chi connectivity index (χ4v) is 2.24. The first-order valence-electron chi connectivity index (χ1n) is 5.17. The number of furan rings is 1. The molecular weight excluding hydrogens is 216 g/mol. The monoisotopic (exact) mass is 231 g/mol. The third-order valence-electron chi connectivity index (χ3n) is 3.06. The van der Waals surface area contributed by atoms with E-state index in [-0.39, 0.29) is 19.4 Å². The van der Waals surface area contributed by atoms with Crippen LogP contribution in [0.3, 0.4) is 0 Å². The van der Waals surface area contributed by atoms with Crippen LogP contribution >= 0.6 is 0 Å². The van der Waals surface area contributed by atoms with Crippen molar-refractivity contribution in [2.24, 2.45) is 5.73 Å². The Balaban J connectivity index is 2.16. The predicted octanol–water partition coefficient (Wildman–Crippen LogP) is 2.05. The largest absolute Gasteiger partial charge is 0.463 e. The normalized spacial score (nSPS) is 21.8. The lowest BCUT2D eigenvalue weighted by molar-refractivity contribution is -0.129. The van der Waals surface area contributed by atoms with Gasteiger partial charge in [-0.1, -0.05) is 0 Å². The van der Waals surface area contributed by atoms with Crippen LogP contribution in [0.2, 0.25) is 0 Å². The van der Waals surface area contributed by atoms with E-state index in [1.807, 2.05) is 0 Å². The van der Waals surface area contributed by atoms with Gasteiger partial charge < -0.3 is 14.9 Å². The zero-order valence-corrected chi connectivity index (χ0v) is 9.13. The van der Waals surface area contributed by atoms with E-state index >= 15 is 0 Å². The summed E-state index contributed by atoms with van der Waals surface area (Å²) in [5.41, 5.74) is 4.90. The van der Waals surface area contributed by atoms with Crippen molar-refractivity contribution in [3.63, 3.8) is 0 Å². The number of rotatable bonds is 4. The van der Waals surface area contributed by atoms with Gasteiger partial charge in [-0.25, -0.2) is 8.78 Å². The van der Waals surface area contributed by atoms with Gasteiger partial charge in [-0.2, -0.15) is 0 Å². The molecule has 1 fully saturated rings. The van der Waals surface area contributed by atoms with Crippen molar-refractivity contribution in [2.45, 2.75) is 30.8 Å². The summed E-state index contributed by atoms with van der Waals surface area (Å²) < 4.78 is 36.3. The van der Waals surface area contributed by atoms with Crippen LogP contribution in [-0.2, 0) is 16.8 Å². The average molecular weight is 231 g/mol. The molecule has 1 aromatic heterocycles. The van der Waals surface area contributed by atoms with E-state index in [1.54, 1.807) is 19.2 Å². The number of hydrogen-bond acceptors (Lipinski definition) is 3. The highest BCUT2D eigenvalue weighted by Crippen LogP contribution is 2.53. The van der Waals surface area contributed by atoms with Gasteiger partial charge in [-0.3, -0.25) is 0 Å². The third kappa shape index (κ3) is 1.85. The van der Waals surface area contributed by atoms with Gasteiger partial charge in [-0.05, 0) is 12.1 Å². The summed E-state index contributed by atoms with van der Waals surface area (Å²) in [5, 5.41) is 0. The lowest BCUT2D eigenvalue weighted by atomic mass is 9.64. The molecule has 3 nitrogen and oxygen atoms in total. The van der Waals surface area contributed by atoms with Gasteiger partial charge in [0.1, 0.15) is 18.1 Å². The second-order valence-corrected chi connectivity index (χ2v) is 4.39. The summed E-state index contributed by atoms with van der Waals surface area (Å²) in [6.07, 6.45) is -0.452. The molecule has 90 valence electrons. The summed E-state index contributed by atoms with van der Waals surface area (Å²) in [4.78, 5) is 0. The fraction of sp³-hybridized carbons (Fsp3) is 0.636. The summed E-state index contributed by atoms with van der Waals surface area (Å²) in [6.45, 7) is 0.527. The van der Waals surface area contributed by atoms with E-state index in [1.165, 1.54) is 0 Å². The quantitative estimate of drug-likeness (QED) is 0.862. The smallest absolute Gasteiger partial charge is 0.250 e. The first-order valence-corrected chi connectivity index (χ1v) is 5.17. The summed E-state index contributed by atoms with van der Waals surface area (Å²) >= 11 is 0. The first kappa shape index (κ1) is 11.5. The highest BCUT2D eigenvalue weighted by Gasteiger charge is 2.58. The maximum absolute atomic E-state index is 12.9. The van der Waals surface area contributed by atoms with Crippen LogP contribution in [0.5, 0.6) is 0 Å². The molecule has 0 radical (unpaired) electrons. The van der Waals surface area contributed by atoms with Gasteiger partial charge in [0, 0.05) is 26.5 Å². The molecule has 5 heteroatoms. The van der Waals surface area contributed by atoms with Crippen molar-refractivity contribution in [2.75, 3.05) is 13.7 Å². The molecule has 0 aliphatic heterocycles. The second kappa shape index (κ2) is 3.82. The van der Waals surface area contributed by atoms with E-state index in [2.05, 4.69) is 0 Å². The number of methoxy groups -OCH3 is 1. The Morgan fingerprint density at radius 3 is 2.62 bits per heavy atom. The van der Waals surface area contributed by atoms with Crippen LogP contribution in [-0.4, -0.2) is 19.6 Å². The minimum Gasteiger partial charge on any atom is -0.463 e. The molecule has 1 saturated carbocycles. The molecule has 2 rings (SSSR count). The predicted molar refractivity (Wildman–Crippen MR) is 54.3 cm³/mol. The second-order valence-electron chi connectivity index (χ2n) is 4.39. The zero-order chi connectivity index (χ0) is 11.8. The number of ether oxygens (including phenoxy) is 1. The molecule has 0 bridgehead atoms. The highest BCUT2D eigenvalue weighted by molar-refractivity contribution is 5.24. The van der Waals surface area contributed by atoms with E-state index in [0.717, 1.165) is 0 Å². The van der Waals surface area contributed by atoms with E-state index < -0.39 is 11.3 Å². The average Bonchev–Trinajstić information content (AvgIpc) is 2.63. The lowest BCUT2D eigenvalue weighted by Gasteiger charge is -2.45. The van der Waals surface area contributed by atoms with Crippen LogP contribution in [0, 0.1) is 0 Å². The van der Waals surface area contributed by atoms with E-state index in [4.69, 9.17) is 14.9 Å². The Morgan fingerprint density at radius 1 is 1.44 bits per heavy atom. The van der Waals surface area contributed by atoms with Gasteiger partial charge in [-0.15, -0.1) is 0 Å². The fourth-order valence-electron chi connectivity index (χ4n) is 2.24. The van der Waals surface area contributed by atoms with Crippen LogP contribution in [0.4, 0.5) is 8.78 Å². The molecule has 0 amide bonds. The molecule has 0 saturated heterocycles. The zero-order valence-electron chi connectivity index (χ0n) is 9.13. The molecule has 1 aliphatic carbocycles. The van der Waals surface area contributed by atoms with E-state index in [0.29, 0.717) is 18.1 Å². The molecule has 0 spiro atoms. The van der Waals surface area contributed by atoms with Crippen LogP contribution < -0.4 is 5.73 Å². The molecule has 1 aliphatic rings. The van der Waals surface area contributed by atoms with Gasteiger partial charge in [0.2, 0.25) is 5.92 Å². The first-order chi connectivity index (χ1) is 7.51. The summed E-state index contributed by atoms with van der Waals surface area (Å²) in [5.74, 6) is -1.42. The molecule has 0 aromatic carbocycles. The molecule has 2 N–H and O–H groups in total. The van der Waals surface area contributed by atoms with Crippen molar-refractivity contribution in [1.82, 2.24) is 0 Å². The summed E-state index contributed by atoms with van der Waals surface area (Å²) in [6, 6.07) is 3.46. The third-order valence-corrected chi connectivity index (χ3v) is 3.06. The molecule has 16 heavy (non-hydrogen) atoms. The number of alkyl halides is 2. The number of halogens is 2.